The van der Waals surface area contributed by atoms with Crippen molar-refractivity contribution in [1.29, 1.82) is 5.26 Å². The van der Waals surface area contributed by atoms with Gasteiger partial charge in [-0.25, -0.2) is 0 Å². The highest BCUT2D eigenvalue weighted by Crippen LogP contribution is 2.42. The van der Waals surface area contributed by atoms with E-state index in [9.17, 15) is 10.1 Å². The molecule has 0 atom stereocenters. The van der Waals surface area contributed by atoms with E-state index in [0.717, 1.165) is 80.2 Å². The summed E-state index contributed by atoms with van der Waals surface area (Å²) >= 11 is 0. The van der Waals surface area contributed by atoms with Crippen LogP contribution in [0.3, 0.4) is 0 Å². The number of nitrogens with zero attached hydrogens (tertiary/aromatic N) is 2. The summed E-state index contributed by atoms with van der Waals surface area (Å²) in [7, 11) is 0. The molecule has 5 rings (SSSR count). The molecule has 0 bridgehead atoms. The molecule has 5 heteroatoms. The van der Waals surface area contributed by atoms with Crippen molar-refractivity contribution >= 4 is 28.1 Å². The van der Waals surface area contributed by atoms with Gasteiger partial charge in [0.15, 0.2) is 0 Å². The van der Waals surface area contributed by atoms with Crippen molar-refractivity contribution in [2.24, 2.45) is 5.41 Å². The molecule has 1 aliphatic heterocycles. The molecular formula is C29H32N4O. The van der Waals surface area contributed by atoms with Crippen LogP contribution in [0.25, 0.3) is 10.8 Å². The Morgan fingerprint density at radius 3 is 2.71 bits per heavy atom. The van der Waals surface area contributed by atoms with Crippen LogP contribution in [0.15, 0.2) is 54.6 Å². The second-order valence-electron chi connectivity index (χ2n) is 9.92. The van der Waals surface area contributed by atoms with Gasteiger partial charge in [-0.2, -0.15) is 5.26 Å². The molecule has 3 aromatic rings. The van der Waals surface area contributed by atoms with Gasteiger partial charge in [0, 0.05) is 18.5 Å². The lowest BCUT2D eigenvalue weighted by molar-refractivity contribution is -0.128. The lowest BCUT2D eigenvalue weighted by atomic mass is 9.70. The first-order valence-corrected chi connectivity index (χ1v) is 12.4. The molecule has 1 saturated carbocycles. The number of nitrogen functional groups attached to an aromatic ring is 1. The molecular weight excluding hydrogens is 420 g/mol. The quantitative estimate of drug-likeness (QED) is 0.492. The zero-order chi connectivity index (χ0) is 23.5. The molecule has 5 nitrogen and oxygen atoms in total. The van der Waals surface area contributed by atoms with Gasteiger partial charge in [0.2, 0.25) is 5.91 Å². The maximum Gasteiger partial charge on any atom is 0.230 e. The topological polar surface area (TPSA) is 82.2 Å². The van der Waals surface area contributed by atoms with E-state index in [-0.39, 0.29) is 11.3 Å². The largest absolute Gasteiger partial charge is 0.397 e. The monoisotopic (exact) mass is 452 g/mol. The first-order valence-electron chi connectivity index (χ1n) is 12.4. The summed E-state index contributed by atoms with van der Waals surface area (Å²) in [5.74, 6) is 0.111. The van der Waals surface area contributed by atoms with E-state index >= 15 is 0 Å². The van der Waals surface area contributed by atoms with E-state index in [1.54, 1.807) is 0 Å². The lowest BCUT2D eigenvalue weighted by Gasteiger charge is -2.38. The lowest BCUT2D eigenvalue weighted by Crippen LogP contribution is -2.42. The van der Waals surface area contributed by atoms with Crippen molar-refractivity contribution < 1.29 is 4.79 Å². The Bertz CT molecular complexity index is 1250. The van der Waals surface area contributed by atoms with E-state index in [1.807, 2.05) is 48.5 Å². The predicted molar refractivity (Wildman–Crippen MR) is 137 cm³/mol. The van der Waals surface area contributed by atoms with E-state index < -0.39 is 0 Å². The molecule has 0 radical (unpaired) electrons. The van der Waals surface area contributed by atoms with Gasteiger partial charge in [-0.05, 0) is 66.9 Å². The van der Waals surface area contributed by atoms with Crippen LogP contribution in [0.1, 0.15) is 55.2 Å². The zero-order valence-electron chi connectivity index (χ0n) is 19.6. The summed E-state index contributed by atoms with van der Waals surface area (Å²) in [6, 6.07) is 20.2. The molecule has 1 fully saturated rings. The first kappa shape index (κ1) is 22.4. The third-order valence-corrected chi connectivity index (χ3v) is 7.83. The van der Waals surface area contributed by atoms with Gasteiger partial charge in [0.05, 0.1) is 28.4 Å². The maximum absolute atomic E-state index is 13.8. The minimum Gasteiger partial charge on any atom is -0.397 e. The number of hydrogen-bond donors (Lipinski definition) is 2. The number of rotatable bonds is 5. The summed E-state index contributed by atoms with van der Waals surface area (Å²) in [6.07, 6.45) is 7.06. The summed E-state index contributed by atoms with van der Waals surface area (Å²) in [6.45, 7) is 2.72. The van der Waals surface area contributed by atoms with Gasteiger partial charge >= 0.3 is 0 Å². The van der Waals surface area contributed by atoms with Gasteiger partial charge < -0.3 is 11.1 Å². The summed E-state index contributed by atoms with van der Waals surface area (Å²) in [4.78, 5) is 16.3. The molecule has 3 N–H and O–H groups in total. The molecule has 1 amide bonds. The fourth-order valence-electron chi connectivity index (χ4n) is 5.74. The van der Waals surface area contributed by atoms with Crippen LogP contribution in [0.2, 0.25) is 0 Å². The smallest absolute Gasteiger partial charge is 0.230 e. The Hall–Kier alpha value is -3.36. The summed E-state index contributed by atoms with van der Waals surface area (Å²) < 4.78 is 0. The van der Waals surface area contributed by atoms with Crippen LogP contribution in [-0.4, -0.2) is 23.9 Å². The van der Waals surface area contributed by atoms with Crippen LogP contribution >= 0.6 is 0 Å². The molecule has 34 heavy (non-hydrogen) atoms. The SMILES string of the molecule is N#Cc1ccc2c(c1)CN(CCC1(C(=O)Nc3c(N)ccc4ccccc34)CCCCC1)CC2. The standard InChI is InChI=1S/C29H32N4O/c30-19-21-8-9-22-12-16-33(20-24(22)18-21)17-15-29(13-4-1-5-14-29)28(34)32-27-25-7-3-2-6-23(25)10-11-26(27)31/h2-3,6-11,18H,1,4-5,12-17,20,31H2,(H,32,34). The second-order valence-corrected chi connectivity index (χ2v) is 9.92. The molecule has 0 unspecified atom stereocenters. The van der Waals surface area contributed by atoms with E-state index in [2.05, 4.69) is 22.4 Å². The Balaban J connectivity index is 1.34. The van der Waals surface area contributed by atoms with Crippen molar-refractivity contribution in [3.8, 4) is 6.07 Å². The minimum absolute atomic E-state index is 0.111. The fourth-order valence-corrected chi connectivity index (χ4v) is 5.74. The third kappa shape index (κ3) is 4.38. The number of carbonyl (C=O) groups excluding carboxylic acids is 1. The third-order valence-electron chi connectivity index (χ3n) is 7.83. The van der Waals surface area contributed by atoms with Crippen LogP contribution in [0.5, 0.6) is 0 Å². The Morgan fingerprint density at radius 2 is 1.88 bits per heavy atom. The van der Waals surface area contributed by atoms with Gasteiger partial charge in [-0.1, -0.05) is 55.7 Å². The number of carbonyl (C=O) groups is 1. The van der Waals surface area contributed by atoms with Gasteiger partial charge in [-0.3, -0.25) is 9.69 Å². The maximum atomic E-state index is 13.8. The van der Waals surface area contributed by atoms with Crippen molar-refractivity contribution in [1.82, 2.24) is 4.90 Å². The molecule has 0 saturated heterocycles. The van der Waals surface area contributed by atoms with Crippen molar-refractivity contribution in [3.05, 3.63) is 71.3 Å². The van der Waals surface area contributed by atoms with E-state index in [4.69, 9.17) is 5.73 Å². The first-order chi connectivity index (χ1) is 16.6. The normalized spacial score (nSPS) is 17.6. The summed E-state index contributed by atoms with van der Waals surface area (Å²) in [5, 5.41) is 14.6. The summed E-state index contributed by atoms with van der Waals surface area (Å²) in [5.41, 5.74) is 10.6. The van der Waals surface area contributed by atoms with Crippen molar-refractivity contribution in [3.63, 3.8) is 0 Å². The Labute approximate surface area is 201 Å². The molecule has 0 aromatic heterocycles. The molecule has 1 heterocycles. The van der Waals surface area contributed by atoms with Crippen molar-refractivity contribution in [2.45, 2.75) is 51.5 Å². The van der Waals surface area contributed by atoms with E-state index in [1.165, 1.54) is 17.5 Å². The molecule has 2 aliphatic rings. The van der Waals surface area contributed by atoms with Crippen LogP contribution < -0.4 is 11.1 Å². The fraction of sp³-hybridized carbons (Fsp3) is 0.379. The number of benzene rings is 3. The number of anilines is 2. The minimum atomic E-state index is -0.365. The van der Waals surface area contributed by atoms with E-state index in [0.29, 0.717) is 5.69 Å². The number of nitriles is 1. The van der Waals surface area contributed by atoms with Gasteiger partial charge in [0.1, 0.15) is 0 Å². The van der Waals surface area contributed by atoms with Crippen LogP contribution in [0.4, 0.5) is 11.4 Å². The Kier molecular flexibility index (Phi) is 6.26. The molecule has 1 aliphatic carbocycles. The number of amides is 1. The average Bonchev–Trinajstić information content (AvgIpc) is 2.89. The average molecular weight is 453 g/mol. The number of nitrogens with two attached hydrogens (primary N) is 1. The highest BCUT2D eigenvalue weighted by Gasteiger charge is 2.40. The highest BCUT2D eigenvalue weighted by atomic mass is 16.2. The second kappa shape index (κ2) is 9.48. The molecule has 0 spiro atoms. The number of fused-ring (bicyclic) bond motifs is 2. The van der Waals surface area contributed by atoms with Gasteiger partial charge in [-0.15, -0.1) is 0 Å². The highest BCUT2D eigenvalue weighted by molar-refractivity contribution is 6.08. The van der Waals surface area contributed by atoms with Gasteiger partial charge in [0.25, 0.3) is 0 Å². The Morgan fingerprint density at radius 1 is 1.06 bits per heavy atom. The van der Waals surface area contributed by atoms with Crippen LogP contribution in [-0.2, 0) is 17.8 Å². The molecule has 3 aromatic carbocycles. The molecule has 174 valence electrons. The van der Waals surface area contributed by atoms with Crippen molar-refractivity contribution in [2.75, 3.05) is 24.1 Å². The predicted octanol–water partition coefficient (Wildman–Crippen LogP) is 5.63. The van der Waals surface area contributed by atoms with Crippen LogP contribution in [0, 0.1) is 16.7 Å². The number of nitrogens with one attached hydrogen (secondary N) is 1. The zero-order valence-corrected chi connectivity index (χ0v) is 19.6. The number of hydrogen-bond acceptors (Lipinski definition) is 4.